The summed E-state index contributed by atoms with van der Waals surface area (Å²) >= 11 is 5.99. The van der Waals surface area contributed by atoms with Crippen molar-refractivity contribution in [2.75, 3.05) is 32.8 Å². The number of nitrogens with one attached hydrogen (secondary N) is 1. The first kappa shape index (κ1) is 16.8. The number of hydrogen-bond donors (Lipinski definition) is 1. The molecule has 0 amide bonds. The van der Waals surface area contributed by atoms with E-state index in [2.05, 4.69) is 36.2 Å². The van der Waals surface area contributed by atoms with Gasteiger partial charge < -0.3 is 10.1 Å². The first-order valence-corrected chi connectivity index (χ1v) is 8.38. The van der Waals surface area contributed by atoms with E-state index in [4.69, 9.17) is 16.3 Å². The molecule has 118 valence electrons. The molecule has 2 atom stereocenters. The van der Waals surface area contributed by atoms with Gasteiger partial charge >= 0.3 is 0 Å². The van der Waals surface area contributed by atoms with Crippen molar-refractivity contribution in [1.82, 2.24) is 10.2 Å². The van der Waals surface area contributed by atoms with Crippen molar-refractivity contribution in [2.45, 2.75) is 38.8 Å². The number of rotatable bonds is 7. The fourth-order valence-corrected chi connectivity index (χ4v) is 3.02. The van der Waals surface area contributed by atoms with Gasteiger partial charge in [-0.05, 0) is 31.0 Å². The molecule has 2 rings (SSSR count). The van der Waals surface area contributed by atoms with Crippen LogP contribution in [0, 0.1) is 0 Å². The molecule has 1 aromatic carbocycles. The average Bonchev–Trinajstić information content (AvgIpc) is 2.48. The van der Waals surface area contributed by atoms with E-state index in [0.29, 0.717) is 12.1 Å². The third-order valence-electron chi connectivity index (χ3n) is 3.97. The molecule has 1 heterocycles. The Labute approximate surface area is 133 Å². The molecule has 0 aliphatic carbocycles. The molecular formula is C17H27ClN2O. The lowest BCUT2D eigenvalue weighted by Crippen LogP contribution is -2.45. The SMILES string of the molecule is CCCC(NC(C)CN1CCOCC1)c1ccc(Cl)cc1. The zero-order valence-electron chi connectivity index (χ0n) is 13.1. The third-order valence-corrected chi connectivity index (χ3v) is 4.22. The summed E-state index contributed by atoms with van der Waals surface area (Å²) in [5.41, 5.74) is 1.33. The van der Waals surface area contributed by atoms with Crippen molar-refractivity contribution in [3.8, 4) is 0 Å². The van der Waals surface area contributed by atoms with Gasteiger partial charge in [-0.2, -0.15) is 0 Å². The summed E-state index contributed by atoms with van der Waals surface area (Å²) in [4.78, 5) is 2.48. The van der Waals surface area contributed by atoms with Crippen LogP contribution in [0.25, 0.3) is 0 Å². The molecule has 1 aromatic rings. The minimum atomic E-state index is 0.406. The molecule has 0 spiro atoms. The fraction of sp³-hybridized carbons (Fsp3) is 0.647. The summed E-state index contributed by atoms with van der Waals surface area (Å²) in [6.45, 7) is 9.41. The minimum Gasteiger partial charge on any atom is -0.379 e. The summed E-state index contributed by atoms with van der Waals surface area (Å²) in [5.74, 6) is 0. The van der Waals surface area contributed by atoms with E-state index >= 15 is 0 Å². The summed E-state index contributed by atoms with van der Waals surface area (Å²) < 4.78 is 5.41. The maximum atomic E-state index is 5.99. The lowest BCUT2D eigenvalue weighted by molar-refractivity contribution is 0.0337. The van der Waals surface area contributed by atoms with Crippen LogP contribution in [0.3, 0.4) is 0 Å². The standard InChI is InChI=1S/C17H27ClN2O/c1-3-4-17(15-5-7-16(18)8-6-15)19-14(2)13-20-9-11-21-12-10-20/h5-8,14,17,19H,3-4,9-13H2,1-2H3. The van der Waals surface area contributed by atoms with Gasteiger partial charge in [-0.25, -0.2) is 0 Å². The quantitative estimate of drug-likeness (QED) is 0.834. The Kier molecular flexibility index (Phi) is 6.97. The van der Waals surface area contributed by atoms with Gasteiger partial charge in [0, 0.05) is 36.7 Å². The van der Waals surface area contributed by atoms with Gasteiger partial charge in [0.2, 0.25) is 0 Å². The van der Waals surface area contributed by atoms with Gasteiger partial charge in [0.25, 0.3) is 0 Å². The second-order valence-electron chi connectivity index (χ2n) is 5.87. The van der Waals surface area contributed by atoms with Crippen molar-refractivity contribution < 1.29 is 4.74 Å². The van der Waals surface area contributed by atoms with Gasteiger partial charge in [-0.1, -0.05) is 37.1 Å². The van der Waals surface area contributed by atoms with Crippen LogP contribution in [0.4, 0.5) is 0 Å². The summed E-state index contributed by atoms with van der Waals surface area (Å²) in [7, 11) is 0. The number of nitrogens with zero attached hydrogens (tertiary/aromatic N) is 1. The van der Waals surface area contributed by atoms with Crippen molar-refractivity contribution in [3.63, 3.8) is 0 Å². The first-order valence-electron chi connectivity index (χ1n) is 8.00. The maximum Gasteiger partial charge on any atom is 0.0594 e. The van der Waals surface area contributed by atoms with Crippen LogP contribution in [0.1, 0.15) is 38.3 Å². The largest absolute Gasteiger partial charge is 0.379 e. The topological polar surface area (TPSA) is 24.5 Å². The number of halogens is 1. The Balaban J connectivity index is 1.90. The second-order valence-corrected chi connectivity index (χ2v) is 6.31. The number of benzene rings is 1. The molecule has 1 aliphatic rings. The summed E-state index contributed by atoms with van der Waals surface area (Å²) in [6, 6.07) is 9.11. The fourth-order valence-electron chi connectivity index (χ4n) is 2.90. The Bertz CT molecular complexity index is 404. The Morgan fingerprint density at radius 1 is 1.24 bits per heavy atom. The molecule has 1 saturated heterocycles. The Hall–Kier alpha value is -0.610. The molecule has 0 saturated carbocycles. The maximum absolute atomic E-state index is 5.99. The molecule has 3 nitrogen and oxygen atoms in total. The van der Waals surface area contributed by atoms with E-state index in [1.54, 1.807) is 0 Å². The zero-order chi connectivity index (χ0) is 15.1. The Morgan fingerprint density at radius 3 is 2.52 bits per heavy atom. The van der Waals surface area contributed by atoms with Crippen LogP contribution in [-0.2, 0) is 4.74 Å². The van der Waals surface area contributed by atoms with E-state index in [1.165, 1.54) is 12.0 Å². The van der Waals surface area contributed by atoms with Crippen molar-refractivity contribution in [3.05, 3.63) is 34.9 Å². The summed E-state index contributed by atoms with van der Waals surface area (Å²) in [5, 5.41) is 4.58. The van der Waals surface area contributed by atoms with E-state index < -0.39 is 0 Å². The molecule has 2 unspecified atom stereocenters. The van der Waals surface area contributed by atoms with Gasteiger partial charge in [-0.3, -0.25) is 4.90 Å². The highest BCUT2D eigenvalue weighted by molar-refractivity contribution is 6.30. The first-order chi connectivity index (χ1) is 10.2. The van der Waals surface area contributed by atoms with E-state index in [-0.39, 0.29) is 0 Å². The third kappa shape index (κ3) is 5.59. The second kappa shape index (κ2) is 8.74. The number of morpholine rings is 1. The average molecular weight is 311 g/mol. The molecule has 1 fully saturated rings. The predicted octanol–water partition coefficient (Wildman–Crippen LogP) is 3.49. The molecular weight excluding hydrogens is 284 g/mol. The van der Waals surface area contributed by atoms with Crippen LogP contribution >= 0.6 is 11.6 Å². The van der Waals surface area contributed by atoms with Gasteiger partial charge in [0.15, 0.2) is 0 Å². The highest BCUT2D eigenvalue weighted by Crippen LogP contribution is 2.21. The van der Waals surface area contributed by atoms with Gasteiger partial charge in [0.05, 0.1) is 13.2 Å². The zero-order valence-corrected chi connectivity index (χ0v) is 13.9. The highest BCUT2D eigenvalue weighted by Gasteiger charge is 2.17. The summed E-state index contributed by atoms with van der Waals surface area (Å²) in [6.07, 6.45) is 2.32. The molecule has 4 heteroatoms. The Morgan fingerprint density at radius 2 is 1.90 bits per heavy atom. The number of ether oxygens (including phenoxy) is 1. The minimum absolute atomic E-state index is 0.406. The van der Waals surface area contributed by atoms with E-state index in [0.717, 1.165) is 44.3 Å². The highest BCUT2D eigenvalue weighted by atomic mass is 35.5. The normalized spacial score (nSPS) is 19.4. The van der Waals surface area contributed by atoms with Crippen molar-refractivity contribution in [1.29, 1.82) is 0 Å². The van der Waals surface area contributed by atoms with Crippen LogP contribution in [0.2, 0.25) is 5.02 Å². The van der Waals surface area contributed by atoms with E-state index in [9.17, 15) is 0 Å². The van der Waals surface area contributed by atoms with Gasteiger partial charge in [0.1, 0.15) is 0 Å². The predicted molar refractivity (Wildman–Crippen MR) is 89.0 cm³/mol. The van der Waals surface area contributed by atoms with Gasteiger partial charge in [-0.15, -0.1) is 0 Å². The monoisotopic (exact) mass is 310 g/mol. The van der Waals surface area contributed by atoms with Crippen LogP contribution < -0.4 is 5.32 Å². The molecule has 0 aromatic heterocycles. The van der Waals surface area contributed by atoms with E-state index in [1.807, 2.05) is 12.1 Å². The van der Waals surface area contributed by atoms with Crippen molar-refractivity contribution in [2.24, 2.45) is 0 Å². The molecule has 0 bridgehead atoms. The number of hydrogen-bond acceptors (Lipinski definition) is 3. The molecule has 0 radical (unpaired) electrons. The van der Waals surface area contributed by atoms with Crippen LogP contribution in [-0.4, -0.2) is 43.8 Å². The molecule has 1 N–H and O–H groups in total. The molecule has 1 aliphatic heterocycles. The van der Waals surface area contributed by atoms with Crippen molar-refractivity contribution >= 4 is 11.6 Å². The van der Waals surface area contributed by atoms with Crippen LogP contribution in [0.15, 0.2) is 24.3 Å². The lowest BCUT2D eigenvalue weighted by atomic mass is 10.0. The molecule has 21 heavy (non-hydrogen) atoms. The lowest BCUT2D eigenvalue weighted by Gasteiger charge is -2.31. The van der Waals surface area contributed by atoms with Crippen LogP contribution in [0.5, 0.6) is 0 Å². The smallest absolute Gasteiger partial charge is 0.0594 e.